The summed E-state index contributed by atoms with van der Waals surface area (Å²) in [6, 6.07) is 8.56. The molecule has 1 aromatic heterocycles. The summed E-state index contributed by atoms with van der Waals surface area (Å²) in [5.74, 6) is -0.656. The highest BCUT2D eigenvalue weighted by atomic mass is 16.5. The fourth-order valence-electron chi connectivity index (χ4n) is 2.26. The molecule has 0 unspecified atom stereocenters. The maximum atomic E-state index is 12.7. The third-order valence-corrected chi connectivity index (χ3v) is 3.49. The van der Waals surface area contributed by atoms with Gasteiger partial charge in [0.25, 0.3) is 5.91 Å². The number of para-hydroxylation sites is 1. The van der Waals surface area contributed by atoms with Crippen LogP contribution in [0.1, 0.15) is 33.2 Å². The Kier molecular flexibility index (Phi) is 4.88. The van der Waals surface area contributed by atoms with E-state index in [0.717, 1.165) is 5.56 Å². The largest absolute Gasteiger partial charge is 0.465 e. The number of methoxy groups -OCH3 is 1. The van der Waals surface area contributed by atoms with Crippen LogP contribution in [0.4, 0.5) is 5.69 Å². The van der Waals surface area contributed by atoms with Crippen LogP contribution < -0.4 is 4.90 Å². The Morgan fingerprint density at radius 2 is 1.91 bits per heavy atom. The molecule has 0 spiro atoms. The Balaban J connectivity index is 2.42. The van der Waals surface area contributed by atoms with Crippen molar-refractivity contribution in [3.63, 3.8) is 0 Å². The zero-order valence-electron chi connectivity index (χ0n) is 12.9. The summed E-state index contributed by atoms with van der Waals surface area (Å²) in [6.45, 7) is 1.97. The Hall–Kier alpha value is -2.69. The molecule has 0 N–H and O–H groups in total. The lowest BCUT2D eigenvalue weighted by molar-refractivity contribution is 0.0601. The highest BCUT2D eigenvalue weighted by Gasteiger charge is 2.21. The predicted octanol–water partition coefficient (Wildman–Crippen LogP) is 2.71. The van der Waals surface area contributed by atoms with Crippen LogP contribution in [0.15, 0.2) is 42.7 Å². The number of hydrogen-bond donors (Lipinski definition) is 0. The molecule has 0 aliphatic carbocycles. The summed E-state index contributed by atoms with van der Waals surface area (Å²) in [5.41, 5.74) is 2.32. The van der Waals surface area contributed by atoms with E-state index in [1.54, 1.807) is 49.8 Å². The Morgan fingerprint density at radius 1 is 1.18 bits per heavy atom. The first-order valence-electron chi connectivity index (χ1n) is 6.98. The second-order valence-corrected chi connectivity index (χ2v) is 4.76. The number of ether oxygens (including phenoxy) is 1. The van der Waals surface area contributed by atoms with Crippen molar-refractivity contribution >= 4 is 17.6 Å². The van der Waals surface area contributed by atoms with Gasteiger partial charge in [0.05, 0.1) is 18.4 Å². The molecule has 0 saturated carbocycles. The molecule has 114 valence electrons. The highest BCUT2D eigenvalue weighted by molar-refractivity contribution is 6.09. The number of nitrogens with zero attached hydrogens (tertiary/aromatic N) is 2. The van der Waals surface area contributed by atoms with Crippen molar-refractivity contribution in [3.05, 3.63) is 59.4 Å². The molecule has 0 aliphatic rings. The van der Waals surface area contributed by atoms with E-state index in [1.165, 1.54) is 12.0 Å². The van der Waals surface area contributed by atoms with Crippen molar-refractivity contribution in [1.82, 2.24) is 4.98 Å². The second kappa shape index (κ2) is 6.85. The molecule has 0 saturated heterocycles. The maximum Gasteiger partial charge on any atom is 0.339 e. The smallest absolute Gasteiger partial charge is 0.339 e. The van der Waals surface area contributed by atoms with Crippen LogP contribution in [0.25, 0.3) is 0 Å². The molecule has 0 aliphatic heterocycles. The first kappa shape index (κ1) is 15.7. The van der Waals surface area contributed by atoms with Gasteiger partial charge in [-0.1, -0.05) is 19.1 Å². The monoisotopic (exact) mass is 298 g/mol. The number of esters is 1. The lowest BCUT2D eigenvalue weighted by Crippen LogP contribution is -2.29. The molecule has 1 amide bonds. The highest BCUT2D eigenvalue weighted by Crippen LogP contribution is 2.22. The number of carbonyl (C=O) groups is 2. The fraction of sp³-hybridized carbons (Fsp3) is 0.235. The Labute approximate surface area is 129 Å². The summed E-state index contributed by atoms with van der Waals surface area (Å²) in [6.07, 6.45) is 3.99. The van der Waals surface area contributed by atoms with Crippen LogP contribution in [0.3, 0.4) is 0 Å². The number of pyridine rings is 1. The van der Waals surface area contributed by atoms with E-state index in [0.29, 0.717) is 23.2 Å². The number of anilines is 1. The number of aryl methyl sites for hydroxylation is 1. The van der Waals surface area contributed by atoms with E-state index in [1.807, 2.05) is 6.92 Å². The van der Waals surface area contributed by atoms with Gasteiger partial charge < -0.3 is 9.64 Å². The van der Waals surface area contributed by atoms with Gasteiger partial charge in [-0.15, -0.1) is 0 Å². The molecule has 1 heterocycles. The average Bonchev–Trinajstić information content (AvgIpc) is 2.59. The average molecular weight is 298 g/mol. The Morgan fingerprint density at radius 3 is 2.59 bits per heavy atom. The number of carbonyl (C=O) groups excluding carboxylic acids is 2. The standard InChI is InChI=1S/C17H18N2O3/c1-4-12-11-18-10-9-13(12)16(20)19(2)15-8-6-5-7-14(15)17(21)22-3/h5-11H,4H2,1-3H3. The molecule has 0 bridgehead atoms. The summed E-state index contributed by atoms with van der Waals surface area (Å²) in [7, 11) is 2.96. The second-order valence-electron chi connectivity index (χ2n) is 4.76. The van der Waals surface area contributed by atoms with Crippen LogP contribution in [-0.2, 0) is 11.2 Å². The molecule has 5 heteroatoms. The molecule has 0 radical (unpaired) electrons. The van der Waals surface area contributed by atoms with Crippen LogP contribution in [0, 0.1) is 0 Å². The summed E-state index contributed by atoms with van der Waals surface area (Å²) in [4.78, 5) is 30.1. The molecular weight excluding hydrogens is 280 g/mol. The zero-order chi connectivity index (χ0) is 16.1. The first-order valence-corrected chi connectivity index (χ1v) is 6.98. The van der Waals surface area contributed by atoms with E-state index >= 15 is 0 Å². The minimum atomic E-state index is -0.472. The molecule has 5 nitrogen and oxygen atoms in total. The van der Waals surface area contributed by atoms with Gasteiger partial charge in [-0.25, -0.2) is 4.79 Å². The van der Waals surface area contributed by atoms with Crippen molar-refractivity contribution in [2.45, 2.75) is 13.3 Å². The number of hydrogen-bond acceptors (Lipinski definition) is 4. The number of rotatable bonds is 4. The summed E-state index contributed by atoms with van der Waals surface area (Å²) < 4.78 is 4.77. The maximum absolute atomic E-state index is 12.7. The fourth-order valence-corrected chi connectivity index (χ4v) is 2.26. The van der Waals surface area contributed by atoms with Gasteiger partial charge in [0.2, 0.25) is 0 Å². The van der Waals surface area contributed by atoms with Gasteiger partial charge in [-0.3, -0.25) is 9.78 Å². The zero-order valence-corrected chi connectivity index (χ0v) is 12.9. The lowest BCUT2D eigenvalue weighted by atomic mass is 10.1. The van der Waals surface area contributed by atoms with Gasteiger partial charge in [0, 0.05) is 25.0 Å². The molecule has 0 fully saturated rings. The van der Waals surface area contributed by atoms with Crippen molar-refractivity contribution in [2.75, 3.05) is 19.1 Å². The normalized spacial score (nSPS) is 10.1. The van der Waals surface area contributed by atoms with Crippen molar-refractivity contribution in [3.8, 4) is 0 Å². The summed E-state index contributed by atoms with van der Waals surface area (Å²) in [5, 5.41) is 0. The van der Waals surface area contributed by atoms with Gasteiger partial charge in [0.15, 0.2) is 0 Å². The molecule has 0 atom stereocenters. The van der Waals surface area contributed by atoms with Crippen molar-refractivity contribution < 1.29 is 14.3 Å². The van der Waals surface area contributed by atoms with Crippen LogP contribution in [0.5, 0.6) is 0 Å². The third-order valence-electron chi connectivity index (χ3n) is 3.49. The predicted molar refractivity (Wildman–Crippen MR) is 84.1 cm³/mol. The van der Waals surface area contributed by atoms with Crippen molar-refractivity contribution in [2.24, 2.45) is 0 Å². The van der Waals surface area contributed by atoms with E-state index < -0.39 is 5.97 Å². The van der Waals surface area contributed by atoms with E-state index in [-0.39, 0.29) is 5.91 Å². The lowest BCUT2D eigenvalue weighted by Gasteiger charge is -2.21. The topological polar surface area (TPSA) is 59.5 Å². The molecule has 1 aromatic carbocycles. The number of amides is 1. The van der Waals surface area contributed by atoms with Gasteiger partial charge in [-0.05, 0) is 30.2 Å². The quantitative estimate of drug-likeness (QED) is 0.814. The van der Waals surface area contributed by atoms with Crippen LogP contribution in [0.2, 0.25) is 0 Å². The SMILES string of the molecule is CCc1cnccc1C(=O)N(C)c1ccccc1C(=O)OC. The minimum absolute atomic E-state index is 0.185. The van der Waals surface area contributed by atoms with Crippen molar-refractivity contribution in [1.29, 1.82) is 0 Å². The molecule has 22 heavy (non-hydrogen) atoms. The van der Waals surface area contributed by atoms with Crippen LogP contribution >= 0.6 is 0 Å². The summed E-state index contributed by atoms with van der Waals surface area (Å²) >= 11 is 0. The van der Waals surface area contributed by atoms with Gasteiger partial charge >= 0.3 is 5.97 Å². The van der Waals surface area contributed by atoms with Gasteiger partial charge in [0.1, 0.15) is 0 Å². The number of aromatic nitrogens is 1. The minimum Gasteiger partial charge on any atom is -0.465 e. The van der Waals surface area contributed by atoms with E-state index in [2.05, 4.69) is 4.98 Å². The van der Waals surface area contributed by atoms with E-state index in [4.69, 9.17) is 4.74 Å². The van der Waals surface area contributed by atoms with Gasteiger partial charge in [-0.2, -0.15) is 0 Å². The number of benzene rings is 1. The van der Waals surface area contributed by atoms with E-state index in [9.17, 15) is 9.59 Å². The first-order chi connectivity index (χ1) is 10.6. The Bertz CT molecular complexity index is 698. The molecule has 2 aromatic rings. The molecular formula is C17H18N2O3. The molecule has 2 rings (SSSR count). The van der Waals surface area contributed by atoms with Crippen LogP contribution in [-0.4, -0.2) is 31.0 Å². The third kappa shape index (κ3) is 2.98.